The Labute approximate surface area is 479 Å². The highest BCUT2D eigenvalue weighted by molar-refractivity contribution is 7.45. The monoisotopic (exact) mass is 1110 g/mol. The Kier molecular flexibility index (Phi) is 56.6. The molecule has 0 aromatic heterocycles. The molecule has 3 atom stereocenters. The number of unbranched alkanes of at least 4 members (excludes halogenated alkanes) is 44. The first-order chi connectivity index (χ1) is 37.4. The number of carbonyl (C=O) groups is 2. The average Bonchev–Trinajstić information content (AvgIpc) is 3.39. The third kappa shape index (κ3) is 58.9. The van der Waals surface area contributed by atoms with Crippen LogP contribution in [0.4, 0.5) is 0 Å². The molecule has 0 radical (unpaired) electrons. The number of hydrogen-bond donors (Lipinski definition) is 1. The van der Waals surface area contributed by atoms with Crippen LogP contribution in [0.2, 0.25) is 0 Å². The number of carbonyl (C=O) groups excluding carboxylic acids is 2. The van der Waals surface area contributed by atoms with Crippen molar-refractivity contribution < 1.29 is 37.3 Å². The first-order valence-corrected chi connectivity index (χ1v) is 35.1. The van der Waals surface area contributed by atoms with Crippen molar-refractivity contribution >= 4 is 19.7 Å². The fourth-order valence-corrected chi connectivity index (χ4v) is 10.9. The number of nitrogens with zero attached hydrogens (tertiary/aromatic N) is 1. The Morgan fingerprint density at radius 1 is 0.442 bits per heavy atom. The summed E-state index contributed by atoms with van der Waals surface area (Å²) in [6.45, 7) is 6.88. The number of likely N-dealkylation sites (N-methyl/N-ethyl adjacent to an activating group) is 1. The van der Waals surface area contributed by atoms with Crippen LogP contribution in [-0.2, 0) is 27.9 Å². The molecule has 0 saturated heterocycles. The van der Waals surface area contributed by atoms with Crippen molar-refractivity contribution in [3.05, 3.63) is 24.3 Å². The highest BCUT2D eigenvalue weighted by Gasteiger charge is 2.27. The Balaban J connectivity index is 4.95. The van der Waals surface area contributed by atoms with Gasteiger partial charge in [-0.05, 0) is 57.4 Å². The summed E-state index contributed by atoms with van der Waals surface area (Å²) in [6, 6.07) is -0.881. The Morgan fingerprint density at radius 2 is 0.753 bits per heavy atom. The number of rotatable bonds is 62. The van der Waals surface area contributed by atoms with Crippen molar-refractivity contribution in [1.82, 2.24) is 5.32 Å². The van der Waals surface area contributed by atoms with Gasteiger partial charge in [-0.15, -0.1) is 0 Å². The van der Waals surface area contributed by atoms with Crippen LogP contribution < -0.4 is 10.2 Å². The molecule has 9 nitrogen and oxygen atoms in total. The molecule has 0 aromatic carbocycles. The van der Waals surface area contributed by atoms with Gasteiger partial charge in [0.05, 0.1) is 33.8 Å². The topological polar surface area (TPSA) is 114 Å². The molecule has 0 rings (SSSR count). The van der Waals surface area contributed by atoms with Crippen LogP contribution in [0.3, 0.4) is 0 Å². The Morgan fingerprint density at radius 3 is 1.10 bits per heavy atom. The SMILES string of the molecule is CCCCCCCC/C=C/CCCCCCCCCCCCCCCCCCCC(=O)OC(/C=C\CCCCCCCCCCCCC)C(COP(=O)([O-])OCC[N+](C)(C)C)NC(=O)CCCCCCCCCCCCC. The number of nitrogens with one attached hydrogen (secondary N) is 1. The predicted octanol–water partition coefficient (Wildman–Crippen LogP) is 20.3. The molecule has 0 bridgehead atoms. The van der Waals surface area contributed by atoms with Gasteiger partial charge in [0.15, 0.2) is 0 Å². The van der Waals surface area contributed by atoms with Gasteiger partial charge in [0.2, 0.25) is 5.91 Å². The lowest BCUT2D eigenvalue weighted by Gasteiger charge is -2.30. The minimum absolute atomic E-state index is 0.0179. The van der Waals surface area contributed by atoms with Gasteiger partial charge in [-0.25, -0.2) is 0 Å². The van der Waals surface area contributed by atoms with E-state index in [4.69, 9.17) is 13.8 Å². The Hall–Kier alpha value is -1.51. The van der Waals surface area contributed by atoms with Crippen LogP contribution in [0.25, 0.3) is 0 Å². The van der Waals surface area contributed by atoms with E-state index in [1.54, 1.807) is 0 Å². The second-order valence-electron chi connectivity index (χ2n) is 24.3. The van der Waals surface area contributed by atoms with Crippen LogP contribution in [0.5, 0.6) is 0 Å². The number of amides is 1. The van der Waals surface area contributed by atoms with Gasteiger partial charge in [-0.3, -0.25) is 14.2 Å². The van der Waals surface area contributed by atoms with Crippen LogP contribution >= 0.6 is 7.82 Å². The molecule has 456 valence electrons. The molecule has 1 N–H and O–H groups in total. The van der Waals surface area contributed by atoms with E-state index in [2.05, 4.69) is 38.2 Å². The summed E-state index contributed by atoms with van der Waals surface area (Å²) >= 11 is 0. The average molecular weight is 1110 g/mol. The molecule has 0 aromatic rings. The predicted molar refractivity (Wildman–Crippen MR) is 330 cm³/mol. The van der Waals surface area contributed by atoms with E-state index in [9.17, 15) is 19.0 Å². The number of esters is 1. The van der Waals surface area contributed by atoms with Crippen LogP contribution in [-0.4, -0.2) is 69.4 Å². The van der Waals surface area contributed by atoms with Crippen molar-refractivity contribution in [2.45, 2.75) is 354 Å². The summed E-state index contributed by atoms with van der Waals surface area (Å²) in [5, 5.41) is 3.03. The maximum Gasteiger partial charge on any atom is 0.306 e. The molecule has 0 saturated carbocycles. The van der Waals surface area contributed by atoms with Gasteiger partial charge < -0.3 is 28.5 Å². The molecule has 77 heavy (non-hydrogen) atoms. The molecule has 0 aliphatic rings. The van der Waals surface area contributed by atoms with Gasteiger partial charge in [0.25, 0.3) is 7.82 Å². The summed E-state index contributed by atoms with van der Waals surface area (Å²) in [5.41, 5.74) is 0. The number of ether oxygens (including phenoxy) is 1. The van der Waals surface area contributed by atoms with E-state index in [0.29, 0.717) is 17.4 Å². The summed E-state index contributed by atoms with van der Waals surface area (Å²) in [5.74, 6) is -0.522. The smallest absolute Gasteiger partial charge is 0.306 e. The van der Waals surface area contributed by atoms with E-state index in [1.807, 2.05) is 33.3 Å². The van der Waals surface area contributed by atoms with Crippen molar-refractivity contribution in [3.63, 3.8) is 0 Å². The normalized spacial score (nSPS) is 13.7. The van der Waals surface area contributed by atoms with E-state index in [0.717, 1.165) is 57.8 Å². The molecule has 1 amide bonds. The van der Waals surface area contributed by atoms with E-state index in [-0.39, 0.29) is 31.5 Å². The van der Waals surface area contributed by atoms with Crippen molar-refractivity contribution in [3.8, 4) is 0 Å². The van der Waals surface area contributed by atoms with E-state index >= 15 is 0 Å². The second-order valence-corrected chi connectivity index (χ2v) is 25.7. The fourth-order valence-electron chi connectivity index (χ4n) is 10.2. The lowest BCUT2D eigenvalue weighted by molar-refractivity contribution is -0.870. The molecule has 0 spiro atoms. The zero-order valence-corrected chi connectivity index (χ0v) is 53.1. The van der Waals surface area contributed by atoms with Crippen molar-refractivity contribution in [2.24, 2.45) is 0 Å². The number of quaternary nitrogens is 1. The molecule has 0 heterocycles. The molecule has 0 aliphatic heterocycles. The second kappa shape index (κ2) is 57.7. The van der Waals surface area contributed by atoms with E-state index < -0.39 is 20.0 Å². The zero-order valence-electron chi connectivity index (χ0n) is 52.2. The van der Waals surface area contributed by atoms with Crippen LogP contribution in [0.1, 0.15) is 342 Å². The number of phosphoric ester groups is 1. The molecule has 3 unspecified atom stereocenters. The van der Waals surface area contributed by atoms with Crippen molar-refractivity contribution in [1.29, 1.82) is 0 Å². The summed E-state index contributed by atoms with van der Waals surface area (Å²) in [4.78, 5) is 40.0. The summed E-state index contributed by atoms with van der Waals surface area (Å²) < 4.78 is 30.3. The highest BCUT2D eigenvalue weighted by atomic mass is 31.2. The minimum atomic E-state index is -4.69. The molecule has 10 heteroatoms. The van der Waals surface area contributed by atoms with Crippen LogP contribution in [0, 0.1) is 0 Å². The maximum atomic E-state index is 13.5. The van der Waals surface area contributed by atoms with Gasteiger partial charge in [-0.2, -0.15) is 0 Å². The first-order valence-electron chi connectivity index (χ1n) is 33.6. The number of phosphoric acid groups is 1. The minimum Gasteiger partial charge on any atom is -0.756 e. The highest BCUT2D eigenvalue weighted by Crippen LogP contribution is 2.38. The van der Waals surface area contributed by atoms with Gasteiger partial charge in [0.1, 0.15) is 19.3 Å². The number of hydrogen-bond acceptors (Lipinski definition) is 7. The van der Waals surface area contributed by atoms with Crippen LogP contribution in [0.15, 0.2) is 24.3 Å². The van der Waals surface area contributed by atoms with E-state index in [1.165, 1.54) is 250 Å². The van der Waals surface area contributed by atoms with Crippen molar-refractivity contribution in [2.75, 3.05) is 40.9 Å². The molecule has 0 aliphatic carbocycles. The zero-order chi connectivity index (χ0) is 56.4. The summed E-state index contributed by atoms with van der Waals surface area (Å²) in [7, 11) is 1.20. The third-order valence-corrected chi connectivity index (χ3v) is 16.3. The largest absolute Gasteiger partial charge is 0.756 e. The molecule has 0 fully saturated rings. The maximum absolute atomic E-state index is 13.5. The first kappa shape index (κ1) is 75.5. The fraction of sp³-hybridized carbons (Fsp3) is 0.910. The quantitative estimate of drug-likeness (QED) is 0.0212. The summed E-state index contributed by atoms with van der Waals surface area (Å²) in [6.07, 6.45) is 68.8. The third-order valence-electron chi connectivity index (χ3n) is 15.4. The lowest BCUT2D eigenvalue weighted by Crippen LogP contribution is -2.47. The Bertz CT molecular complexity index is 1370. The van der Waals surface area contributed by atoms with Gasteiger partial charge >= 0.3 is 5.97 Å². The van der Waals surface area contributed by atoms with Gasteiger partial charge in [-0.1, -0.05) is 296 Å². The number of allylic oxidation sites excluding steroid dienone is 3. The molecular formula is C67H131N2O7P. The van der Waals surface area contributed by atoms with Gasteiger partial charge in [0, 0.05) is 12.8 Å². The molecular weight excluding hydrogens is 976 g/mol. The lowest BCUT2D eigenvalue weighted by atomic mass is 10.0. The standard InChI is InChI=1S/C67H131N2O7P/c1-7-10-13-16-19-22-25-27-28-29-30-31-32-33-34-35-36-37-38-39-40-42-45-48-51-54-57-60-67(71)76-65(58-55-52-49-46-44-41-26-23-20-17-14-11-8-2)64(63-75-77(72,73)74-62-61-69(4,5)6)68-66(70)59-56-53-50-47-43-24-21-18-15-12-9-3/h27-28,55,58,64-65H,7-26,29-54,56-57,59-63H2,1-6H3,(H-,68,70,72,73)/b28-27+,58-55-.